The summed E-state index contributed by atoms with van der Waals surface area (Å²) in [6, 6.07) is 7.42. The first-order valence-corrected chi connectivity index (χ1v) is 8.65. The minimum absolute atomic E-state index is 0.153. The van der Waals surface area contributed by atoms with E-state index in [2.05, 4.69) is 15.3 Å². The number of thiophene rings is 1. The lowest BCUT2D eigenvalue weighted by Gasteiger charge is -2.04. The third-order valence-corrected chi connectivity index (χ3v) is 5.05. The summed E-state index contributed by atoms with van der Waals surface area (Å²) in [5.74, 6) is 0.336. The number of nitrogens with zero attached hydrogens (tertiary/aromatic N) is 2. The van der Waals surface area contributed by atoms with Gasteiger partial charge in [0, 0.05) is 22.5 Å². The molecule has 3 aromatic rings. The van der Waals surface area contributed by atoms with E-state index in [4.69, 9.17) is 4.74 Å². The van der Waals surface area contributed by atoms with Crippen LogP contribution in [0, 0.1) is 6.92 Å². The second kappa shape index (κ2) is 6.89. The zero-order valence-electron chi connectivity index (χ0n) is 12.7. The van der Waals surface area contributed by atoms with Crippen molar-refractivity contribution in [2.75, 3.05) is 7.11 Å². The van der Waals surface area contributed by atoms with Crippen molar-refractivity contribution in [1.29, 1.82) is 0 Å². The number of hydrogen-bond acceptors (Lipinski definition) is 6. The summed E-state index contributed by atoms with van der Waals surface area (Å²) in [5, 5.41) is 5.99. The number of pyridine rings is 1. The fourth-order valence-electron chi connectivity index (χ4n) is 1.99. The van der Waals surface area contributed by atoms with E-state index in [9.17, 15) is 4.79 Å². The Morgan fingerprint density at radius 2 is 2.17 bits per heavy atom. The fourth-order valence-corrected chi connectivity index (χ4v) is 3.59. The van der Waals surface area contributed by atoms with Crippen LogP contribution < -0.4 is 10.1 Å². The number of rotatable bonds is 5. The van der Waals surface area contributed by atoms with Gasteiger partial charge in [0.2, 0.25) is 5.88 Å². The van der Waals surface area contributed by atoms with Crippen LogP contribution >= 0.6 is 22.7 Å². The number of ether oxygens (including phenoxy) is 1. The third kappa shape index (κ3) is 3.75. The van der Waals surface area contributed by atoms with E-state index in [1.54, 1.807) is 41.9 Å². The first-order valence-electron chi connectivity index (χ1n) is 6.95. The van der Waals surface area contributed by atoms with E-state index < -0.39 is 0 Å². The number of aryl methyl sites for hydroxylation is 1. The van der Waals surface area contributed by atoms with Crippen LogP contribution in [0.15, 0.2) is 35.8 Å². The summed E-state index contributed by atoms with van der Waals surface area (Å²) in [6.07, 6.45) is 1.51. The Bertz CT molecular complexity index is 809. The van der Waals surface area contributed by atoms with Crippen molar-refractivity contribution in [3.63, 3.8) is 0 Å². The average Bonchev–Trinajstić information content (AvgIpc) is 3.21. The number of nitrogens with one attached hydrogen (secondary N) is 1. The van der Waals surface area contributed by atoms with E-state index in [-0.39, 0.29) is 5.91 Å². The van der Waals surface area contributed by atoms with Crippen LogP contribution in [0.25, 0.3) is 10.6 Å². The Kier molecular flexibility index (Phi) is 4.68. The molecule has 0 fully saturated rings. The molecule has 3 rings (SSSR count). The van der Waals surface area contributed by atoms with Gasteiger partial charge in [0.15, 0.2) is 0 Å². The van der Waals surface area contributed by atoms with Crippen LogP contribution in [0.5, 0.6) is 5.88 Å². The quantitative estimate of drug-likeness (QED) is 0.768. The summed E-state index contributed by atoms with van der Waals surface area (Å²) in [4.78, 5) is 22.8. The molecule has 118 valence electrons. The van der Waals surface area contributed by atoms with Crippen LogP contribution in [0.4, 0.5) is 0 Å². The molecule has 23 heavy (non-hydrogen) atoms. The highest BCUT2D eigenvalue weighted by atomic mass is 32.1. The molecule has 0 aliphatic rings. The van der Waals surface area contributed by atoms with Crippen molar-refractivity contribution in [1.82, 2.24) is 15.3 Å². The van der Waals surface area contributed by atoms with Crippen LogP contribution in [-0.2, 0) is 6.54 Å². The van der Waals surface area contributed by atoms with Gasteiger partial charge in [0.25, 0.3) is 5.91 Å². The molecule has 3 heterocycles. The summed E-state index contributed by atoms with van der Waals surface area (Å²) in [5.41, 5.74) is 1.51. The van der Waals surface area contributed by atoms with Crippen molar-refractivity contribution in [2.24, 2.45) is 0 Å². The number of thiazole rings is 1. The molecule has 7 heteroatoms. The first kappa shape index (κ1) is 15.6. The largest absolute Gasteiger partial charge is 0.481 e. The molecule has 0 aliphatic heterocycles. The molecule has 5 nitrogen and oxygen atoms in total. The topological polar surface area (TPSA) is 64.1 Å². The van der Waals surface area contributed by atoms with E-state index in [1.807, 2.05) is 24.4 Å². The standard InChI is InChI=1S/C16H15N3O2S2/c1-10-19-13(9-22-10)14-5-4-12(23-14)8-18-16(20)11-3-6-15(21-2)17-7-11/h3-7,9H,8H2,1-2H3,(H,18,20). The van der Waals surface area contributed by atoms with Gasteiger partial charge in [-0.3, -0.25) is 4.79 Å². The second-order valence-corrected chi connectivity index (χ2v) is 7.02. The van der Waals surface area contributed by atoms with Crippen molar-refractivity contribution in [2.45, 2.75) is 13.5 Å². The Morgan fingerprint density at radius 3 is 2.83 bits per heavy atom. The van der Waals surface area contributed by atoms with Crippen LogP contribution in [0.3, 0.4) is 0 Å². The molecule has 1 amide bonds. The van der Waals surface area contributed by atoms with Crippen LogP contribution in [-0.4, -0.2) is 23.0 Å². The minimum Gasteiger partial charge on any atom is -0.481 e. The molecule has 0 spiro atoms. The van der Waals surface area contributed by atoms with E-state index in [1.165, 1.54) is 6.20 Å². The second-order valence-electron chi connectivity index (χ2n) is 4.79. The number of methoxy groups -OCH3 is 1. The third-order valence-electron chi connectivity index (χ3n) is 3.16. The van der Waals surface area contributed by atoms with Gasteiger partial charge in [0.05, 0.1) is 34.8 Å². The SMILES string of the molecule is COc1ccc(C(=O)NCc2ccc(-c3csc(C)n3)s2)cn1. The minimum atomic E-state index is -0.153. The molecule has 0 saturated heterocycles. The van der Waals surface area contributed by atoms with Crippen LogP contribution in [0.2, 0.25) is 0 Å². The lowest BCUT2D eigenvalue weighted by atomic mass is 10.2. The lowest BCUT2D eigenvalue weighted by molar-refractivity contribution is 0.0951. The first-order chi connectivity index (χ1) is 11.2. The number of amides is 1. The predicted octanol–water partition coefficient (Wildman–Crippen LogP) is 3.51. The maximum Gasteiger partial charge on any atom is 0.253 e. The summed E-state index contributed by atoms with van der Waals surface area (Å²) >= 11 is 3.27. The van der Waals surface area contributed by atoms with Crippen molar-refractivity contribution < 1.29 is 9.53 Å². The molecule has 0 unspecified atom stereocenters. The predicted molar refractivity (Wildman–Crippen MR) is 92.1 cm³/mol. The zero-order valence-corrected chi connectivity index (χ0v) is 14.3. The Labute approximate surface area is 142 Å². The Hall–Kier alpha value is -2.25. The van der Waals surface area contributed by atoms with Gasteiger partial charge in [-0.25, -0.2) is 9.97 Å². The molecular formula is C16H15N3O2S2. The maximum absolute atomic E-state index is 12.1. The van der Waals surface area contributed by atoms with Gasteiger partial charge in [-0.1, -0.05) is 0 Å². The average molecular weight is 345 g/mol. The molecular weight excluding hydrogens is 330 g/mol. The van der Waals surface area contributed by atoms with Gasteiger partial charge in [0.1, 0.15) is 0 Å². The smallest absolute Gasteiger partial charge is 0.253 e. The summed E-state index contributed by atoms with van der Waals surface area (Å²) in [6.45, 7) is 2.48. The molecule has 0 saturated carbocycles. The normalized spacial score (nSPS) is 10.5. The monoisotopic (exact) mass is 345 g/mol. The van der Waals surface area contributed by atoms with Gasteiger partial charge < -0.3 is 10.1 Å². The molecule has 3 aromatic heterocycles. The van der Waals surface area contributed by atoms with Gasteiger partial charge in [-0.2, -0.15) is 0 Å². The molecule has 0 aliphatic carbocycles. The van der Waals surface area contributed by atoms with Crippen molar-refractivity contribution in [3.05, 3.63) is 51.3 Å². The van der Waals surface area contributed by atoms with Crippen LogP contribution in [0.1, 0.15) is 20.2 Å². The Morgan fingerprint density at radius 1 is 1.30 bits per heavy atom. The molecule has 0 aromatic carbocycles. The highest BCUT2D eigenvalue weighted by Crippen LogP contribution is 2.28. The number of carbonyl (C=O) groups is 1. The number of hydrogen-bond donors (Lipinski definition) is 1. The van der Waals surface area contributed by atoms with Gasteiger partial charge in [-0.05, 0) is 25.1 Å². The molecule has 0 atom stereocenters. The highest BCUT2D eigenvalue weighted by Gasteiger charge is 2.09. The van der Waals surface area contributed by atoms with E-state index in [0.717, 1.165) is 20.5 Å². The number of carbonyl (C=O) groups excluding carboxylic acids is 1. The Balaban J connectivity index is 1.61. The molecule has 0 bridgehead atoms. The summed E-state index contributed by atoms with van der Waals surface area (Å²) < 4.78 is 4.98. The molecule has 1 N–H and O–H groups in total. The van der Waals surface area contributed by atoms with Gasteiger partial charge >= 0.3 is 0 Å². The highest BCUT2D eigenvalue weighted by molar-refractivity contribution is 7.16. The van der Waals surface area contributed by atoms with Gasteiger partial charge in [-0.15, -0.1) is 22.7 Å². The zero-order chi connectivity index (χ0) is 16.2. The molecule has 0 radical (unpaired) electrons. The van der Waals surface area contributed by atoms with Crippen molar-refractivity contribution >= 4 is 28.6 Å². The lowest BCUT2D eigenvalue weighted by Crippen LogP contribution is -2.22. The summed E-state index contributed by atoms with van der Waals surface area (Å²) in [7, 11) is 1.54. The van der Waals surface area contributed by atoms with E-state index in [0.29, 0.717) is 18.0 Å². The van der Waals surface area contributed by atoms with E-state index >= 15 is 0 Å². The van der Waals surface area contributed by atoms with Crippen molar-refractivity contribution in [3.8, 4) is 16.5 Å². The number of aromatic nitrogens is 2. The maximum atomic E-state index is 12.1. The fraction of sp³-hybridized carbons (Fsp3) is 0.188.